The number of carboxylic acid groups (broad SMARTS) is 1. The Hall–Kier alpha value is -3.44. The number of carbonyl (C=O) groups excluding carboxylic acids is 3. The summed E-state index contributed by atoms with van der Waals surface area (Å²) in [6.45, 7) is 8.92. The fourth-order valence-electron chi connectivity index (χ4n) is 4.85. The number of ether oxygens (including phenoxy) is 1. The van der Waals surface area contributed by atoms with Gasteiger partial charge in [-0.05, 0) is 65.2 Å². The number of anilines is 1. The monoisotopic (exact) mass is 524 g/mol. The quantitative estimate of drug-likeness (QED) is 0.566. The predicted octanol–water partition coefficient (Wildman–Crippen LogP) is 2.87. The van der Waals surface area contributed by atoms with Crippen LogP contribution in [-0.2, 0) is 9.59 Å². The van der Waals surface area contributed by atoms with Gasteiger partial charge in [0.15, 0.2) is 5.60 Å². The van der Waals surface area contributed by atoms with Crippen molar-refractivity contribution in [3.63, 3.8) is 0 Å². The van der Waals surface area contributed by atoms with Crippen LogP contribution in [0.25, 0.3) is 0 Å². The van der Waals surface area contributed by atoms with E-state index in [-0.39, 0.29) is 37.6 Å². The normalized spacial score (nSPS) is 18.9. The van der Waals surface area contributed by atoms with Gasteiger partial charge in [0.25, 0.3) is 17.7 Å². The molecular weight excluding hydrogens is 490 g/mol. The summed E-state index contributed by atoms with van der Waals surface area (Å²) in [5, 5.41) is 11.5. The Morgan fingerprint density at radius 3 is 2.54 bits per heavy atom. The van der Waals surface area contributed by atoms with Crippen molar-refractivity contribution in [1.82, 2.24) is 15.1 Å². The molecule has 2 heterocycles. The first kappa shape index (κ1) is 28.1. The lowest BCUT2D eigenvalue weighted by molar-refractivity contribution is -0.133. The number of hydrogen-bond acceptors (Lipinski definition) is 5. The van der Waals surface area contributed by atoms with Crippen LogP contribution in [0.2, 0.25) is 0 Å². The van der Waals surface area contributed by atoms with Crippen molar-refractivity contribution in [2.75, 3.05) is 31.1 Å². The standard InChI is InChI=1S/C25H34F2N4O6/c1-14(2)31(16-7-6-9-29(13-16)24(35)36)22(33)17-12-18-19(11-15(17)3)37-25(4,5)23(34)30(18)10-8-28-21(32)20(26)27/h11-12,14,16,20H,6-10,13H2,1-5H3,(H,28,32)(H,35,36)/t16-/m1/s1. The number of nitrogens with zero attached hydrogens (tertiary/aromatic N) is 3. The largest absolute Gasteiger partial charge is 0.476 e. The van der Waals surface area contributed by atoms with Crippen molar-refractivity contribution in [2.45, 2.75) is 71.6 Å². The SMILES string of the molecule is Cc1cc2c(cc1C(=O)N(C(C)C)[C@@H]1CCCN(C(=O)O)C1)N(CCNC(=O)C(F)F)C(=O)C(C)(C)O2. The van der Waals surface area contributed by atoms with E-state index in [0.29, 0.717) is 42.0 Å². The zero-order chi connectivity index (χ0) is 27.7. The lowest BCUT2D eigenvalue weighted by atomic mass is 9.97. The maximum Gasteiger partial charge on any atom is 0.407 e. The Labute approximate surface area is 214 Å². The Bertz CT molecular complexity index is 1080. The van der Waals surface area contributed by atoms with Gasteiger partial charge >= 0.3 is 12.5 Å². The molecule has 1 fully saturated rings. The number of fused-ring (bicyclic) bond motifs is 1. The topological polar surface area (TPSA) is 119 Å². The number of halogens is 2. The summed E-state index contributed by atoms with van der Waals surface area (Å²) in [5.41, 5.74) is -0.0255. The van der Waals surface area contributed by atoms with E-state index < -0.39 is 29.9 Å². The molecule has 0 aliphatic carbocycles. The van der Waals surface area contributed by atoms with Crippen LogP contribution in [0.3, 0.4) is 0 Å². The second-order valence-corrected chi connectivity index (χ2v) is 10.1. The van der Waals surface area contributed by atoms with E-state index in [0.717, 1.165) is 0 Å². The first-order valence-electron chi connectivity index (χ1n) is 12.3. The second-order valence-electron chi connectivity index (χ2n) is 10.1. The van der Waals surface area contributed by atoms with E-state index in [1.807, 2.05) is 13.8 Å². The molecule has 10 nitrogen and oxygen atoms in total. The van der Waals surface area contributed by atoms with E-state index in [9.17, 15) is 33.1 Å². The summed E-state index contributed by atoms with van der Waals surface area (Å²) in [5.74, 6) is -1.84. The minimum Gasteiger partial charge on any atom is -0.476 e. The Balaban J connectivity index is 1.95. The van der Waals surface area contributed by atoms with Crippen molar-refractivity contribution >= 4 is 29.5 Å². The first-order valence-corrected chi connectivity index (χ1v) is 12.3. The molecular formula is C25H34F2N4O6. The van der Waals surface area contributed by atoms with Crippen LogP contribution in [0.5, 0.6) is 5.75 Å². The van der Waals surface area contributed by atoms with Crippen molar-refractivity contribution in [3.8, 4) is 5.75 Å². The fraction of sp³-hybridized carbons (Fsp3) is 0.600. The van der Waals surface area contributed by atoms with Gasteiger partial charge < -0.3 is 29.9 Å². The number of amides is 4. The van der Waals surface area contributed by atoms with Gasteiger partial charge in [-0.25, -0.2) is 4.79 Å². The molecule has 0 unspecified atom stereocenters. The van der Waals surface area contributed by atoms with Gasteiger partial charge in [-0.1, -0.05) is 0 Å². The van der Waals surface area contributed by atoms with Gasteiger partial charge in [0.1, 0.15) is 5.75 Å². The molecule has 0 saturated carbocycles. The number of nitrogens with one attached hydrogen (secondary N) is 1. The molecule has 204 valence electrons. The van der Waals surface area contributed by atoms with Gasteiger partial charge in [0.05, 0.1) is 11.7 Å². The summed E-state index contributed by atoms with van der Waals surface area (Å²) in [6.07, 6.45) is -2.91. The van der Waals surface area contributed by atoms with Gasteiger partial charge in [0, 0.05) is 37.8 Å². The number of benzene rings is 1. The molecule has 1 aromatic carbocycles. The highest BCUT2D eigenvalue weighted by atomic mass is 19.3. The van der Waals surface area contributed by atoms with E-state index in [1.165, 1.54) is 9.80 Å². The number of carbonyl (C=O) groups is 4. The molecule has 0 radical (unpaired) electrons. The number of piperidine rings is 1. The lowest BCUT2D eigenvalue weighted by Gasteiger charge is -2.41. The van der Waals surface area contributed by atoms with Gasteiger partial charge in [-0.2, -0.15) is 8.78 Å². The predicted molar refractivity (Wildman–Crippen MR) is 131 cm³/mol. The number of aryl methyl sites for hydroxylation is 1. The summed E-state index contributed by atoms with van der Waals surface area (Å²) in [7, 11) is 0. The average molecular weight is 525 g/mol. The minimum atomic E-state index is -3.17. The van der Waals surface area contributed by atoms with Crippen LogP contribution >= 0.6 is 0 Å². The van der Waals surface area contributed by atoms with Crippen molar-refractivity contribution in [3.05, 3.63) is 23.3 Å². The lowest BCUT2D eigenvalue weighted by Crippen LogP contribution is -2.55. The van der Waals surface area contributed by atoms with Crippen molar-refractivity contribution in [1.29, 1.82) is 0 Å². The molecule has 0 spiro atoms. The molecule has 2 aliphatic rings. The van der Waals surface area contributed by atoms with Crippen LogP contribution in [0.15, 0.2) is 12.1 Å². The molecule has 1 atom stereocenters. The van der Waals surface area contributed by atoms with E-state index >= 15 is 0 Å². The average Bonchev–Trinajstić information content (AvgIpc) is 2.80. The van der Waals surface area contributed by atoms with Crippen molar-refractivity contribution < 1.29 is 37.8 Å². The Morgan fingerprint density at radius 1 is 1.27 bits per heavy atom. The minimum absolute atomic E-state index is 0.0993. The number of likely N-dealkylation sites (tertiary alicyclic amines) is 1. The van der Waals surface area contributed by atoms with Crippen LogP contribution in [0.4, 0.5) is 19.3 Å². The van der Waals surface area contributed by atoms with Crippen molar-refractivity contribution in [2.24, 2.45) is 0 Å². The molecule has 3 rings (SSSR count). The van der Waals surface area contributed by atoms with Gasteiger partial charge in [0.2, 0.25) is 0 Å². The third kappa shape index (κ3) is 5.94. The van der Waals surface area contributed by atoms with Gasteiger partial charge in [-0.15, -0.1) is 0 Å². The second kappa shape index (κ2) is 10.9. The third-order valence-electron chi connectivity index (χ3n) is 6.64. The van der Waals surface area contributed by atoms with Gasteiger partial charge in [-0.3, -0.25) is 14.4 Å². The van der Waals surface area contributed by atoms with E-state index in [4.69, 9.17) is 4.74 Å². The highest BCUT2D eigenvalue weighted by Crippen LogP contribution is 2.40. The van der Waals surface area contributed by atoms with E-state index in [1.54, 1.807) is 37.8 Å². The van der Waals surface area contributed by atoms with Crippen LogP contribution in [0.1, 0.15) is 56.5 Å². The molecule has 0 bridgehead atoms. The van der Waals surface area contributed by atoms with E-state index in [2.05, 4.69) is 5.32 Å². The highest BCUT2D eigenvalue weighted by molar-refractivity contribution is 6.05. The molecule has 4 amide bonds. The summed E-state index contributed by atoms with van der Waals surface area (Å²) in [6, 6.07) is 2.66. The molecule has 2 aliphatic heterocycles. The summed E-state index contributed by atoms with van der Waals surface area (Å²) >= 11 is 0. The highest BCUT2D eigenvalue weighted by Gasteiger charge is 2.42. The number of rotatable bonds is 7. The third-order valence-corrected chi connectivity index (χ3v) is 6.64. The smallest absolute Gasteiger partial charge is 0.407 e. The summed E-state index contributed by atoms with van der Waals surface area (Å²) in [4.78, 5) is 54.1. The molecule has 0 aromatic heterocycles. The molecule has 1 saturated heterocycles. The van der Waals surface area contributed by atoms with Crippen LogP contribution in [-0.4, -0.2) is 89.0 Å². The van der Waals surface area contributed by atoms with Crippen LogP contribution < -0.4 is 15.0 Å². The zero-order valence-corrected chi connectivity index (χ0v) is 21.7. The zero-order valence-electron chi connectivity index (χ0n) is 21.7. The first-order chi connectivity index (χ1) is 17.2. The maximum absolute atomic E-state index is 13.8. The van der Waals surface area contributed by atoms with Crippen LogP contribution in [0, 0.1) is 6.92 Å². The Kier molecular flexibility index (Phi) is 8.28. The maximum atomic E-state index is 13.8. The molecule has 2 N–H and O–H groups in total. The number of alkyl halides is 2. The number of hydrogen-bond donors (Lipinski definition) is 2. The fourth-order valence-corrected chi connectivity index (χ4v) is 4.85. The Morgan fingerprint density at radius 2 is 1.95 bits per heavy atom. The molecule has 1 aromatic rings. The summed E-state index contributed by atoms with van der Waals surface area (Å²) < 4.78 is 31.1. The molecule has 12 heteroatoms. The molecule has 37 heavy (non-hydrogen) atoms.